The van der Waals surface area contributed by atoms with Gasteiger partial charge in [-0.3, -0.25) is 5.41 Å². The molecule has 0 spiro atoms. The number of rotatable bonds is 4. The first-order valence-corrected chi connectivity index (χ1v) is 5.48. The van der Waals surface area contributed by atoms with E-state index in [0.29, 0.717) is 10.8 Å². The molecule has 0 aromatic carbocycles. The van der Waals surface area contributed by atoms with Gasteiger partial charge in [0.15, 0.2) is 0 Å². The van der Waals surface area contributed by atoms with Crippen LogP contribution in [0.15, 0.2) is 23.4 Å². The summed E-state index contributed by atoms with van der Waals surface area (Å²) >= 11 is 1.74. The number of aromatic nitrogens is 1. The van der Waals surface area contributed by atoms with Gasteiger partial charge in [0.2, 0.25) is 0 Å². The van der Waals surface area contributed by atoms with Crippen molar-refractivity contribution < 1.29 is 0 Å². The standard InChI is InChI=1S/C10H15N3S/c1-3-7(2)14-9-5-4-8(6-13-9)10(11)12/h4-7H,3H2,1-2H3,(H3,11,12). The molecule has 0 fully saturated rings. The monoisotopic (exact) mass is 209 g/mol. The molecule has 1 unspecified atom stereocenters. The first-order valence-electron chi connectivity index (χ1n) is 4.60. The molecule has 1 aromatic heterocycles. The smallest absolute Gasteiger partial charge is 0.124 e. The van der Waals surface area contributed by atoms with Crippen molar-refractivity contribution in [1.82, 2.24) is 4.98 Å². The Balaban J connectivity index is 2.68. The molecule has 0 aliphatic rings. The van der Waals surface area contributed by atoms with Crippen LogP contribution in [-0.4, -0.2) is 16.1 Å². The number of nitrogen functional groups attached to an aromatic ring is 1. The summed E-state index contributed by atoms with van der Waals surface area (Å²) in [7, 11) is 0. The molecule has 14 heavy (non-hydrogen) atoms. The van der Waals surface area contributed by atoms with E-state index >= 15 is 0 Å². The Hall–Kier alpha value is -1.03. The van der Waals surface area contributed by atoms with Gasteiger partial charge in [0.05, 0.1) is 5.03 Å². The minimum atomic E-state index is 0.0672. The Morgan fingerprint density at radius 1 is 1.64 bits per heavy atom. The number of thioether (sulfide) groups is 1. The number of hydrogen-bond donors (Lipinski definition) is 2. The molecular formula is C10H15N3S. The lowest BCUT2D eigenvalue weighted by molar-refractivity contribution is 0.901. The maximum Gasteiger partial charge on any atom is 0.124 e. The Morgan fingerprint density at radius 2 is 2.36 bits per heavy atom. The number of nitrogens with one attached hydrogen (secondary N) is 1. The highest BCUT2D eigenvalue weighted by molar-refractivity contribution is 7.99. The topological polar surface area (TPSA) is 62.8 Å². The van der Waals surface area contributed by atoms with Crippen LogP contribution >= 0.6 is 11.8 Å². The van der Waals surface area contributed by atoms with Crippen molar-refractivity contribution in [2.75, 3.05) is 0 Å². The fourth-order valence-electron chi connectivity index (χ4n) is 0.899. The van der Waals surface area contributed by atoms with E-state index in [4.69, 9.17) is 11.1 Å². The molecule has 0 saturated heterocycles. The fraction of sp³-hybridized carbons (Fsp3) is 0.400. The van der Waals surface area contributed by atoms with E-state index in [0.717, 1.165) is 11.4 Å². The number of hydrogen-bond acceptors (Lipinski definition) is 3. The SMILES string of the molecule is CCC(C)Sc1ccc(C(=N)N)cn1. The molecule has 3 N–H and O–H groups in total. The predicted octanol–water partition coefficient (Wildman–Crippen LogP) is 2.26. The van der Waals surface area contributed by atoms with E-state index in [1.807, 2.05) is 12.1 Å². The second kappa shape index (κ2) is 5.00. The molecular weight excluding hydrogens is 194 g/mol. The van der Waals surface area contributed by atoms with E-state index < -0.39 is 0 Å². The van der Waals surface area contributed by atoms with Gasteiger partial charge in [-0.1, -0.05) is 13.8 Å². The molecule has 1 rings (SSSR count). The highest BCUT2D eigenvalue weighted by atomic mass is 32.2. The van der Waals surface area contributed by atoms with Crippen molar-refractivity contribution in [1.29, 1.82) is 5.41 Å². The number of nitrogens with zero attached hydrogens (tertiary/aromatic N) is 1. The minimum Gasteiger partial charge on any atom is -0.384 e. The first-order chi connectivity index (χ1) is 6.63. The zero-order valence-corrected chi connectivity index (χ0v) is 9.27. The lowest BCUT2D eigenvalue weighted by Crippen LogP contribution is -2.11. The Morgan fingerprint density at radius 3 is 2.79 bits per heavy atom. The third-order valence-corrected chi connectivity index (χ3v) is 3.16. The van der Waals surface area contributed by atoms with E-state index in [1.54, 1.807) is 18.0 Å². The molecule has 0 bridgehead atoms. The molecule has 0 amide bonds. The third kappa shape index (κ3) is 3.03. The number of amidine groups is 1. The average molecular weight is 209 g/mol. The van der Waals surface area contributed by atoms with Gasteiger partial charge in [-0.05, 0) is 18.6 Å². The molecule has 4 heteroatoms. The van der Waals surface area contributed by atoms with Crippen LogP contribution in [0.25, 0.3) is 0 Å². The second-order valence-corrected chi connectivity index (χ2v) is 4.59. The van der Waals surface area contributed by atoms with Gasteiger partial charge in [0.25, 0.3) is 0 Å². The van der Waals surface area contributed by atoms with E-state index in [1.165, 1.54) is 0 Å². The van der Waals surface area contributed by atoms with Crippen LogP contribution in [0.5, 0.6) is 0 Å². The maximum absolute atomic E-state index is 7.21. The Kier molecular flexibility index (Phi) is 3.95. The molecule has 76 valence electrons. The van der Waals surface area contributed by atoms with Crippen molar-refractivity contribution in [3.63, 3.8) is 0 Å². The molecule has 1 aromatic rings. The molecule has 1 heterocycles. The fourth-order valence-corrected chi connectivity index (χ4v) is 1.74. The lowest BCUT2D eigenvalue weighted by atomic mass is 10.3. The second-order valence-electron chi connectivity index (χ2n) is 3.14. The third-order valence-electron chi connectivity index (χ3n) is 1.94. The summed E-state index contributed by atoms with van der Waals surface area (Å²) in [6.45, 7) is 4.33. The van der Waals surface area contributed by atoms with Gasteiger partial charge in [0.1, 0.15) is 5.84 Å². The van der Waals surface area contributed by atoms with Gasteiger partial charge in [-0.2, -0.15) is 0 Å². The molecule has 0 saturated carbocycles. The quantitative estimate of drug-likeness (QED) is 0.454. The van der Waals surface area contributed by atoms with E-state index in [-0.39, 0.29) is 5.84 Å². The van der Waals surface area contributed by atoms with Gasteiger partial charge < -0.3 is 5.73 Å². The van der Waals surface area contributed by atoms with Crippen LogP contribution in [0.4, 0.5) is 0 Å². The highest BCUT2D eigenvalue weighted by Crippen LogP contribution is 2.22. The minimum absolute atomic E-state index is 0.0672. The van der Waals surface area contributed by atoms with Gasteiger partial charge in [0, 0.05) is 17.0 Å². The molecule has 0 aliphatic carbocycles. The van der Waals surface area contributed by atoms with Gasteiger partial charge in [-0.25, -0.2) is 4.98 Å². The maximum atomic E-state index is 7.21. The summed E-state index contributed by atoms with van der Waals surface area (Å²) in [5.41, 5.74) is 6.01. The molecule has 3 nitrogen and oxygen atoms in total. The van der Waals surface area contributed by atoms with Crippen LogP contribution in [0.3, 0.4) is 0 Å². The molecule has 1 atom stereocenters. The number of pyridine rings is 1. The van der Waals surface area contributed by atoms with Crippen molar-refractivity contribution in [2.45, 2.75) is 30.5 Å². The van der Waals surface area contributed by atoms with Crippen LogP contribution in [0.1, 0.15) is 25.8 Å². The molecule has 0 radical (unpaired) electrons. The zero-order chi connectivity index (χ0) is 10.6. The first kappa shape index (κ1) is 11.0. The van der Waals surface area contributed by atoms with Crippen molar-refractivity contribution in [3.05, 3.63) is 23.9 Å². The summed E-state index contributed by atoms with van der Waals surface area (Å²) < 4.78 is 0. The summed E-state index contributed by atoms with van der Waals surface area (Å²) in [6.07, 6.45) is 2.77. The highest BCUT2D eigenvalue weighted by Gasteiger charge is 2.03. The normalized spacial score (nSPS) is 12.4. The Labute approximate surface area is 88.6 Å². The molecule has 0 aliphatic heterocycles. The van der Waals surface area contributed by atoms with Crippen LogP contribution in [-0.2, 0) is 0 Å². The van der Waals surface area contributed by atoms with Crippen molar-refractivity contribution in [3.8, 4) is 0 Å². The number of nitrogens with two attached hydrogens (primary N) is 1. The predicted molar refractivity (Wildman–Crippen MR) is 60.9 cm³/mol. The largest absolute Gasteiger partial charge is 0.384 e. The lowest BCUT2D eigenvalue weighted by Gasteiger charge is -2.07. The summed E-state index contributed by atoms with van der Waals surface area (Å²) in [5, 5.41) is 8.78. The van der Waals surface area contributed by atoms with Gasteiger partial charge >= 0.3 is 0 Å². The van der Waals surface area contributed by atoms with Crippen LogP contribution in [0.2, 0.25) is 0 Å². The summed E-state index contributed by atoms with van der Waals surface area (Å²) in [4.78, 5) is 4.23. The van der Waals surface area contributed by atoms with Crippen LogP contribution in [0, 0.1) is 5.41 Å². The zero-order valence-electron chi connectivity index (χ0n) is 8.45. The summed E-state index contributed by atoms with van der Waals surface area (Å²) in [6, 6.07) is 3.74. The van der Waals surface area contributed by atoms with E-state index in [2.05, 4.69) is 18.8 Å². The van der Waals surface area contributed by atoms with Crippen molar-refractivity contribution >= 4 is 17.6 Å². The average Bonchev–Trinajstić information content (AvgIpc) is 2.18. The van der Waals surface area contributed by atoms with Gasteiger partial charge in [-0.15, -0.1) is 11.8 Å². The summed E-state index contributed by atoms with van der Waals surface area (Å²) in [5.74, 6) is 0.0672. The van der Waals surface area contributed by atoms with Crippen LogP contribution < -0.4 is 5.73 Å². The van der Waals surface area contributed by atoms with Crippen molar-refractivity contribution in [2.24, 2.45) is 5.73 Å². The van der Waals surface area contributed by atoms with E-state index in [9.17, 15) is 0 Å². The Bertz CT molecular complexity index is 308.